The first-order valence-electron chi connectivity index (χ1n) is 13.2. The molecule has 1 saturated heterocycles. The van der Waals surface area contributed by atoms with Crippen molar-refractivity contribution < 1.29 is 19.1 Å². The van der Waals surface area contributed by atoms with Crippen LogP contribution in [0.15, 0.2) is 84.9 Å². The first kappa shape index (κ1) is 26.8. The van der Waals surface area contributed by atoms with Gasteiger partial charge < -0.3 is 10.5 Å². The van der Waals surface area contributed by atoms with Gasteiger partial charge in [-0.25, -0.2) is 9.78 Å². The SMILES string of the molecule is COC(=O)N(NC(=O)c1c(CN2CCCC(C(N)=O)C2)c(-c2ccccc2)nc2ccccc12)c1ccccc1. The van der Waals surface area contributed by atoms with E-state index in [1.807, 2.05) is 60.7 Å². The summed E-state index contributed by atoms with van der Waals surface area (Å²) in [6.45, 7) is 1.62. The third kappa shape index (κ3) is 5.64. The Labute approximate surface area is 232 Å². The second-order valence-electron chi connectivity index (χ2n) is 9.76. The number of methoxy groups -OCH3 is 1. The largest absolute Gasteiger partial charge is 0.451 e. The number of aromatic nitrogens is 1. The van der Waals surface area contributed by atoms with Crippen molar-refractivity contribution in [3.8, 4) is 11.3 Å². The van der Waals surface area contributed by atoms with Crippen molar-refractivity contribution in [2.24, 2.45) is 11.7 Å². The van der Waals surface area contributed by atoms with Gasteiger partial charge in [-0.15, -0.1) is 0 Å². The van der Waals surface area contributed by atoms with Crippen molar-refractivity contribution in [3.05, 3.63) is 96.1 Å². The van der Waals surface area contributed by atoms with Gasteiger partial charge in [-0.05, 0) is 37.6 Å². The molecule has 40 heavy (non-hydrogen) atoms. The molecule has 0 aliphatic carbocycles. The first-order valence-corrected chi connectivity index (χ1v) is 13.2. The molecular formula is C31H31N5O4. The molecule has 5 rings (SSSR count). The van der Waals surface area contributed by atoms with Gasteiger partial charge in [0.1, 0.15) is 0 Å². The van der Waals surface area contributed by atoms with Crippen LogP contribution < -0.4 is 16.2 Å². The summed E-state index contributed by atoms with van der Waals surface area (Å²) in [5.74, 6) is -1.06. The number of para-hydroxylation sites is 2. The fraction of sp³-hybridized carbons (Fsp3) is 0.226. The van der Waals surface area contributed by atoms with Crippen LogP contribution >= 0.6 is 0 Å². The molecule has 1 unspecified atom stereocenters. The Bertz CT molecular complexity index is 1530. The molecule has 9 nitrogen and oxygen atoms in total. The maximum atomic E-state index is 14.2. The summed E-state index contributed by atoms with van der Waals surface area (Å²) in [6, 6.07) is 25.9. The van der Waals surface area contributed by atoms with Gasteiger partial charge in [0.15, 0.2) is 0 Å². The molecule has 1 aromatic heterocycles. The molecule has 1 aliphatic heterocycles. The number of nitrogens with one attached hydrogen (secondary N) is 1. The molecule has 3 N–H and O–H groups in total. The highest BCUT2D eigenvalue weighted by Crippen LogP contribution is 2.32. The highest BCUT2D eigenvalue weighted by molar-refractivity contribution is 6.10. The van der Waals surface area contributed by atoms with Crippen molar-refractivity contribution in [2.75, 3.05) is 25.2 Å². The number of fused-ring (bicyclic) bond motifs is 1. The molecule has 204 valence electrons. The number of carbonyl (C=O) groups is 3. The molecule has 0 radical (unpaired) electrons. The fourth-order valence-corrected chi connectivity index (χ4v) is 5.20. The van der Waals surface area contributed by atoms with E-state index in [9.17, 15) is 14.4 Å². The number of primary amides is 1. The molecule has 0 bridgehead atoms. The van der Waals surface area contributed by atoms with E-state index in [4.69, 9.17) is 15.5 Å². The van der Waals surface area contributed by atoms with Crippen molar-refractivity contribution in [2.45, 2.75) is 19.4 Å². The second-order valence-corrected chi connectivity index (χ2v) is 9.76. The quantitative estimate of drug-likeness (QED) is 0.349. The summed E-state index contributed by atoms with van der Waals surface area (Å²) in [5.41, 5.74) is 12.1. The topological polar surface area (TPSA) is 118 Å². The number of carbonyl (C=O) groups excluding carboxylic acids is 3. The van der Waals surface area contributed by atoms with Crippen LogP contribution in [0.25, 0.3) is 22.2 Å². The number of hydrogen-bond acceptors (Lipinski definition) is 6. The average Bonchev–Trinajstić information content (AvgIpc) is 3.00. The lowest BCUT2D eigenvalue weighted by Gasteiger charge is -2.32. The van der Waals surface area contributed by atoms with Crippen LogP contribution in [-0.2, 0) is 16.1 Å². The van der Waals surface area contributed by atoms with Crippen LogP contribution in [0.1, 0.15) is 28.8 Å². The minimum absolute atomic E-state index is 0.257. The summed E-state index contributed by atoms with van der Waals surface area (Å²) in [4.78, 5) is 46.1. The Hall–Kier alpha value is -4.76. The predicted molar refractivity (Wildman–Crippen MR) is 153 cm³/mol. The number of likely N-dealkylation sites (tertiary alicyclic amines) is 1. The zero-order valence-electron chi connectivity index (χ0n) is 22.2. The molecule has 3 aromatic carbocycles. The number of hydrogen-bond donors (Lipinski definition) is 2. The minimum atomic E-state index is -0.733. The van der Waals surface area contributed by atoms with Gasteiger partial charge >= 0.3 is 6.09 Å². The summed E-state index contributed by atoms with van der Waals surface area (Å²) in [7, 11) is 1.26. The van der Waals surface area contributed by atoms with Crippen LogP contribution in [0.2, 0.25) is 0 Å². The standard InChI is InChI=1S/C31H31N5O4/c1-40-31(39)36(23-14-6-3-7-15-23)34-30(38)27-24-16-8-9-17-26(24)33-28(21-11-4-2-5-12-21)25(27)20-35-18-10-13-22(19-35)29(32)37/h2-9,11-12,14-17,22H,10,13,18-20H2,1H3,(H2,32,37)(H,34,38). The molecule has 9 heteroatoms. The minimum Gasteiger partial charge on any atom is -0.451 e. The molecule has 0 spiro atoms. The van der Waals surface area contributed by atoms with E-state index in [0.717, 1.165) is 30.0 Å². The normalized spacial score (nSPS) is 15.4. The summed E-state index contributed by atoms with van der Waals surface area (Å²) in [5, 5.41) is 1.74. The maximum absolute atomic E-state index is 14.2. The van der Waals surface area contributed by atoms with Crippen LogP contribution in [0.3, 0.4) is 0 Å². The second kappa shape index (κ2) is 12.0. The number of nitrogens with two attached hydrogens (primary N) is 1. The van der Waals surface area contributed by atoms with E-state index in [0.29, 0.717) is 46.5 Å². The monoisotopic (exact) mass is 537 g/mol. The van der Waals surface area contributed by atoms with E-state index in [2.05, 4.69) is 10.3 Å². The Balaban J connectivity index is 1.65. The van der Waals surface area contributed by atoms with Gasteiger partial charge in [0.25, 0.3) is 5.91 Å². The number of amides is 3. The number of pyridine rings is 1. The molecule has 0 saturated carbocycles. The van der Waals surface area contributed by atoms with Gasteiger partial charge in [-0.1, -0.05) is 66.7 Å². The lowest BCUT2D eigenvalue weighted by atomic mass is 9.93. The van der Waals surface area contributed by atoms with Gasteiger partial charge in [0.05, 0.1) is 35.5 Å². The van der Waals surface area contributed by atoms with Gasteiger partial charge in [0.2, 0.25) is 5.91 Å². The van der Waals surface area contributed by atoms with Crippen molar-refractivity contribution in [1.82, 2.24) is 15.3 Å². The van der Waals surface area contributed by atoms with E-state index < -0.39 is 12.0 Å². The molecule has 3 amide bonds. The van der Waals surface area contributed by atoms with E-state index in [1.54, 1.807) is 24.3 Å². The van der Waals surface area contributed by atoms with Crippen LogP contribution in [0.5, 0.6) is 0 Å². The zero-order chi connectivity index (χ0) is 28.1. The third-order valence-corrected chi connectivity index (χ3v) is 7.14. The predicted octanol–water partition coefficient (Wildman–Crippen LogP) is 4.52. The number of piperidine rings is 1. The zero-order valence-corrected chi connectivity index (χ0v) is 22.2. The highest BCUT2D eigenvalue weighted by Gasteiger charge is 2.29. The van der Waals surface area contributed by atoms with Crippen LogP contribution in [0.4, 0.5) is 10.5 Å². The number of nitrogens with zero attached hydrogens (tertiary/aromatic N) is 3. The molecule has 4 aromatic rings. The van der Waals surface area contributed by atoms with Crippen molar-refractivity contribution in [1.29, 1.82) is 0 Å². The Kier molecular flexibility index (Phi) is 8.02. The molecular weight excluding hydrogens is 506 g/mol. The number of hydrazine groups is 1. The summed E-state index contributed by atoms with van der Waals surface area (Å²) in [6.07, 6.45) is 0.829. The van der Waals surface area contributed by atoms with E-state index >= 15 is 0 Å². The van der Waals surface area contributed by atoms with Crippen LogP contribution in [0, 0.1) is 5.92 Å². The number of rotatable bonds is 6. The first-order chi connectivity index (χ1) is 19.5. The number of anilines is 1. The lowest BCUT2D eigenvalue weighted by Crippen LogP contribution is -2.47. The molecule has 1 atom stereocenters. The van der Waals surface area contributed by atoms with Crippen molar-refractivity contribution >= 4 is 34.5 Å². The number of ether oxygens (including phenoxy) is 1. The summed E-state index contributed by atoms with van der Waals surface area (Å²) < 4.78 is 4.98. The number of benzene rings is 3. The molecule has 1 aliphatic rings. The van der Waals surface area contributed by atoms with Gasteiger partial charge in [0, 0.05) is 29.6 Å². The van der Waals surface area contributed by atoms with E-state index in [1.165, 1.54) is 7.11 Å². The smallest absolute Gasteiger partial charge is 0.433 e. The highest BCUT2D eigenvalue weighted by atomic mass is 16.5. The average molecular weight is 538 g/mol. The van der Waals surface area contributed by atoms with Gasteiger partial charge in [-0.2, -0.15) is 5.01 Å². The lowest BCUT2D eigenvalue weighted by molar-refractivity contribution is -0.123. The summed E-state index contributed by atoms with van der Waals surface area (Å²) >= 11 is 0. The Morgan fingerprint density at radius 3 is 2.38 bits per heavy atom. The van der Waals surface area contributed by atoms with E-state index in [-0.39, 0.29) is 11.8 Å². The third-order valence-electron chi connectivity index (χ3n) is 7.14. The Morgan fingerprint density at radius 1 is 1.00 bits per heavy atom. The van der Waals surface area contributed by atoms with Gasteiger partial charge in [-0.3, -0.25) is 19.9 Å². The van der Waals surface area contributed by atoms with Crippen LogP contribution in [-0.4, -0.2) is 48.0 Å². The Morgan fingerprint density at radius 2 is 1.68 bits per heavy atom. The fourth-order valence-electron chi connectivity index (χ4n) is 5.20. The van der Waals surface area contributed by atoms with Crippen molar-refractivity contribution in [3.63, 3.8) is 0 Å². The molecule has 1 fully saturated rings. The molecule has 2 heterocycles. The maximum Gasteiger partial charge on any atom is 0.433 e.